The largest absolute Gasteiger partial charge is 0.304 e. The third-order valence-corrected chi connectivity index (χ3v) is 3.83. The fourth-order valence-corrected chi connectivity index (χ4v) is 2.60. The summed E-state index contributed by atoms with van der Waals surface area (Å²) in [4.78, 5) is 4.97. The van der Waals surface area contributed by atoms with Crippen LogP contribution in [-0.2, 0) is 6.42 Å². The van der Waals surface area contributed by atoms with Crippen molar-refractivity contribution in [2.24, 2.45) is 0 Å². The van der Waals surface area contributed by atoms with Gasteiger partial charge in [-0.25, -0.2) is 0 Å². The summed E-state index contributed by atoms with van der Waals surface area (Å²) in [5.41, 5.74) is 1.47. The minimum Gasteiger partial charge on any atom is -0.304 e. The molecular weight excluding hydrogens is 208 g/mol. The summed E-state index contributed by atoms with van der Waals surface area (Å²) >= 11 is 0. The van der Waals surface area contributed by atoms with Gasteiger partial charge in [-0.1, -0.05) is 30.3 Å². The van der Waals surface area contributed by atoms with E-state index in [2.05, 4.69) is 54.2 Å². The first-order valence-electron chi connectivity index (χ1n) is 6.68. The minimum atomic E-state index is 0.748. The van der Waals surface area contributed by atoms with Crippen molar-refractivity contribution in [3.8, 4) is 0 Å². The maximum atomic E-state index is 2.52. The molecule has 0 amide bonds. The minimum absolute atomic E-state index is 0.748. The van der Waals surface area contributed by atoms with Crippen LogP contribution in [0.5, 0.6) is 0 Å². The van der Waals surface area contributed by atoms with E-state index in [1.807, 2.05) is 0 Å². The predicted octanol–water partition coefficient (Wildman–Crippen LogP) is 2.26. The van der Waals surface area contributed by atoms with Gasteiger partial charge in [0.2, 0.25) is 0 Å². The Balaban J connectivity index is 1.74. The first kappa shape index (κ1) is 12.6. The number of aryl methyl sites for hydroxylation is 1. The van der Waals surface area contributed by atoms with Crippen molar-refractivity contribution in [2.75, 3.05) is 33.7 Å². The van der Waals surface area contributed by atoms with Crippen molar-refractivity contribution in [3.63, 3.8) is 0 Å². The summed E-state index contributed by atoms with van der Waals surface area (Å²) in [5, 5.41) is 0. The molecule has 0 bridgehead atoms. The Kier molecular flexibility index (Phi) is 4.57. The van der Waals surface area contributed by atoms with E-state index in [1.54, 1.807) is 0 Å². The standard InChI is InChI=1S/C15H24N2/c1-16-11-12-17(2)15(13-16)10-6-9-14-7-4-3-5-8-14/h3-5,7-8,15H,6,9-13H2,1-2H3. The SMILES string of the molecule is CN1CCN(C)C(CCCc2ccccc2)C1. The number of rotatable bonds is 4. The van der Waals surface area contributed by atoms with Crippen LogP contribution >= 0.6 is 0 Å². The first-order valence-corrected chi connectivity index (χ1v) is 6.68. The molecule has 0 aromatic heterocycles. The molecule has 1 atom stereocenters. The van der Waals surface area contributed by atoms with Crippen molar-refractivity contribution in [3.05, 3.63) is 35.9 Å². The van der Waals surface area contributed by atoms with Crippen LogP contribution in [0.15, 0.2) is 30.3 Å². The molecule has 94 valence electrons. The monoisotopic (exact) mass is 232 g/mol. The lowest BCUT2D eigenvalue weighted by molar-refractivity contribution is 0.107. The van der Waals surface area contributed by atoms with E-state index >= 15 is 0 Å². The molecule has 1 aromatic rings. The van der Waals surface area contributed by atoms with Gasteiger partial charge in [0.1, 0.15) is 0 Å². The van der Waals surface area contributed by atoms with Gasteiger partial charge in [0.15, 0.2) is 0 Å². The number of hydrogen-bond acceptors (Lipinski definition) is 2. The molecule has 17 heavy (non-hydrogen) atoms. The van der Waals surface area contributed by atoms with E-state index in [9.17, 15) is 0 Å². The zero-order chi connectivity index (χ0) is 12.1. The van der Waals surface area contributed by atoms with E-state index in [-0.39, 0.29) is 0 Å². The second-order valence-corrected chi connectivity index (χ2v) is 5.27. The third-order valence-electron chi connectivity index (χ3n) is 3.83. The molecule has 1 unspecified atom stereocenters. The van der Waals surface area contributed by atoms with E-state index in [0.717, 1.165) is 6.04 Å². The molecule has 0 aliphatic carbocycles. The van der Waals surface area contributed by atoms with Crippen molar-refractivity contribution < 1.29 is 0 Å². The molecule has 1 fully saturated rings. The van der Waals surface area contributed by atoms with E-state index in [4.69, 9.17) is 0 Å². The Morgan fingerprint density at radius 1 is 1.12 bits per heavy atom. The maximum absolute atomic E-state index is 2.52. The Morgan fingerprint density at radius 2 is 1.88 bits per heavy atom. The summed E-state index contributed by atoms with van der Waals surface area (Å²) in [5.74, 6) is 0. The summed E-state index contributed by atoms with van der Waals surface area (Å²) in [6, 6.07) is 11.6. The van der Waals surface area contributed by atoms with Crippen LogP contribution in [0, 0.1) is 0 Å². The molecule has 1 aliphatic rings. The third kappa shape index (κ3) is 3.83. The zero-order valence-corrected chi connectivity index (χ0v) is 11.1. The van der Waals surface area contributed by atoms with Gasteiger partial charge in [-0.05, 0) is 38.9 Å². The fraction of sp³-hybridized carbons (Fsp3) is 0.600. The lowest BCUT2D eigenvalue weighted by Crippen LogP contribution is -2.49. The molecule has 1 saturated heterocycles. The van der Waals surface area contributed by atoms with Gasteiger partial charge in [0.25, 0.3) is 0 Å². The molecule has 2 rings (SSSR count). The lowest BCUT2D eigenvalue weighted by Gasteiger charge is -2.37. The van der Waals surface area contributed by atoms with Gasteiger partial charge in [0, 0.05) is 25.7 Å². The van der Waals surface area contributed by atoms with Gasteiger partial charge in [-0.3, -0.25) is 0 Å². The number of likely N-dealkylation sites (N-methyl/N-ethyl adjacent to an activating group) is 2. The second-order valence-electron chi connectivity index (χ2n) is 5.27. The predicted molar refractivity (Wildman–Crippen MR) is 73.3 cm³/mol. The number of nitrogens with zero attached hydrogens (tertiary/aromatic N) is 2. The molecule has 0 spiro atoms. The van der Waals surface area contributed by atoms with E-state index in [1.165, 1.54) is 44.5 Å². The highest BCUT2D eigenvalue weighted by atomic mass is 15.3. The van der Waals surface area contributed by atoms with E-state index < -0.39 is 0 Å². The van der Waals surface area contributed by atoms with Crippen molar-refractivity contribution in [1.82, 2.24) is 9.80 Å². The quantitative estimate of drug-likeness (QED) is 0.785. The second kappa shape index (κ2) is 6.18. The van der Waals surface area contributed by atoms with Crippen LogP contribution in [0.25, 0.3) is 0 Å². The van der Waals surface area contributed by atoms with Gasteiger partial charge in [-0.15, -0.1) is 0 Å². The Labute approximate surface area is 105 Å². The average Bonchev–Trinajstić information content (AvgIpc) is 2.35. The number of benzene rings is 1. The van der Waals surface area contributed by atoms with Gasteiger partial charge in [-0.2, -0.15) is 0 Å². The average molecular weight is 232 g/mol. The lowest BCUT2D eigenvalue weighted by atomic mass is 10.0. The van der Waals surface area contributed by atoms with Crippen LogP contribution in [0.3, 0.4) is 0 Å². The van der Waals surface area contributed by atoms with Crippen LogP contribution in [0.4, 0.5) is 0 Å². The molecule has 0 N–H and O–H groups in total. The zero-order valence-electron chi connectivity index (χ0n) is 11.1. The van der Waals surface area contributed by atoms with E-state index in [0.29, 0.717) is 0 Å². The molecule has 1 heterocycles. The topological polar surface area (TPSA) is 6.48 Å². The molecule has 2 heteroatoms. The van der Waals surface area contributed by atoms with Crippen LogP contribution in [0.1, 0.15) is 18.4 Å². The summed E-state index contributed by atoms with van der Waals surface area (Å²) < 4.78 is 0. The van der Waals surface area contributed by atoms with Gasteiger partial charge >= 0.3 is 0 Å². The summed E-state index contributed by atoms with van der Waals surface area (Å²) in [7, 11) is 4.50. The molecule has 1 aliphatic heterocycles. The Bertz CT molecular complexity index is 323. The fourth-order valence-electron chi connectivity index (χ4n) is 2.60. The van der Waals surface area contributed by atoms with Crippen LogP contribution in [0.2, 0.25) is 0 Å². The molecule has 0 saturated carbocycles. The molecular formula is C15H24N2. The smallest absolute Gasteiger partial charge is 0.0220 e. The van der Waals surface area contributed by atoms with Crippen molar-refractivity contribution >= 4 is 0 Å². The highest BCUT2D eigenvalue weighted by Crippen LogP contribution is 2.13. The first-order chi connectivity index (χ1) is 8.25. The highest BCUT2D eigenvalue weighted by Gasteiger charge is 2.21. The van der Waals surface area contributed by atoms with Crippen molar-refractivity contribution in [2.45, 2.75) is 25.3 Å². The molecule has 1 aromatic carbocycles. The van der Waals surface area contributed by atoms with Crippen LogP contribution in [-0.4, -0.2) is 49.6 Å². The normalized spacial score (nSPS) is 22.8. The van der Waals surface area contributed by atoms with Gasteiger partial charge in [0.05, 0.1) is 0 Å². The summed E-state index contributed by atoms with van der Waals surface area (Å²) in [6.45, 7) is 3.66. The Morgan fingerprint density at radius 3 is 2.65 bits per heavy atom. The summed E-state index contributed by atoms with van der Waals surface area (Å²) in [6.07, 6.45) is 3.83. The number of piperazine rings is 1. The van der Waals surface area contributed by atoms with Crippen LogP contribution < -0.4 is 0 Å². The molecule has 0 radical (unpaired) electrons. The molecule has 2 nitrogen and oxygen atoms in total. The van der Waals surface area contributed by atoms with Crippen molar-refractivity contribution in [1.29, 1.82) is 0 Å². The Hall–Kier alpha value is -0.860. The number of hydrogen-bond donors (Lipinski definition) is 0. The maximum Gasteiger partial charge on any atom is 0.0220 e. The van der Waals surface area contributed by atoms with Gasteiger partial charge < -0.3 is 9.80 Å². The highest BCUT2D eigenvalue weighted by molar-refractivity contribution is 5.14.